The smallest absolute Gasteiger partial charge is 0.223 e. The van der Waals surface area contributed by atoms with Crippen LogP contribution in [0.4, 0.5) is 0 Å². The zero-order chi connectivity index (χ0) is 19.9. The molecule has 1 aromatic carbocycles. The minimum absolute atomic E-state index is 0.0709. The van der Waals surface area contributed by atoms with Gasteiger partial charge in [-0.25, -0.2) is 4.98 Å². The van der Waals surface area contributed by atoms with Crippen molar-refractivity contribution in [2.24, 2.45) is 11.3 Å². The number of aromatic nitrogens is 1. The van der Waals surface area contributed by atoms with Crippen molar-refractivity contribution in [1.29, 1.82) is 0 Å². The predicted octanol–water partition coefficient (Wildman–Crippen LogP) is 2.10. The summed E-state index contributed by atoms with van der Waals surface area (Å²) in [4.78, 5) is 35.3. The Morgan fingerprint density at radius 3 is 2.61 bits per heavy atom. The molecule has 2 saturated heterocycles. The van der Waals surface area contributed by atoms with Gasteiger partial charge in [0.25, 0.3) is 0 Å². The number of fused-ring (bicyclic) bond motifs is 1. The standard InChI is InChI=1S/C21H28N4O2S/c1-15(26)24-11-16(10-23(2)3)21(12-24)13-25(14-21)20(27)9-8-19-22-17-6-4-5-7-18(17)28-19/h4-7,16H,8-14H2,1-3H3. The van der Waals surface area contributed by atoms with E-state index in [2.05, 4.69) is 30.0 Å². The Morgan fingerprint density at radius 1 is 1.21 bits per heavy atom. The average molecular weight is 401 g/mol. The van der Waals surface area contributed by atoms with Crippen molar-refractivity contribution < 1.29 is 9.59 Å². The number of amides is 2. The Kier molecular flexibility index (Phi) is 5.14. The van der Waals surface area contributed by atoms with Crippen molar-refractivity contribution in [3.8, 4) is 0 Å². The zero-order valence-corrected chi connectivity index (χ0v) is 17.7. The lowest BCUT2D eigenvalue weighted by molar-refractivity contribution is -0.145. The second-order valence-corrected chi connectivity index (χ2v) is 9.66. The lowest BCUT2D eigenvalue weighted by atomic mass is 9.71. The maximum Gasteiger partial charge on any atom is 0.223 e. The molecule has 4 rings (SSSR count). The summed E-state index contributed by atoms with van der Waals surface area (Å²) in [5, 5.41) is 1.03. The van der Waals surface area contributed by atoms with Crippen LogP contribution in [0, 0.1) is 11.3 Å². The van der Waals surface area contributed by atoms with Crippen LogP contribution in [0.3, 0.4) is 0 Å². The third-order valence-corrected chi connectivity index (χ3v) is 7.19. The highest BCUT2D eigenvalue weighted by Crippen LogP contribution is 2.44. The molecule has 2 aliphatic rings. The van der Waals surface area contributed by atoms with Gasteiger partial charge in [-0.3, -0.25) is 9.59 Å². The molecule has 0 aliphatic carbocycles. The normalized spacial score (nSPS) is 20.9. The molecule has 1 spiro atoms. The third kappa shape index (κ3) is 3.65. The van der Waals surface area contributed by atoms with Crippen molar-refractivity contribution in [2.75, 3.05) is 46.8 Å². The first-order chi connectivity index (χ1) is 13.4. The van der Waals surface area contributed by atoms with Gasteiger partial charge in [0, 0.05) is 57.9 Å². The van der Waals surface area contributed by atoms with Gasteiger partial charge in [0.05, 0.1) is 15.2 Å². The van der Waals surface area contributed by atoms with Gasteiger partial charge in [-0.05, 0) is 32.1 Å². The van der Waals surface area contributed by atoms with Crippen LogP contribution in [0.2, 0.25) is 0 Å². The molecule has 0 radical (unpaired) electrons. The van der Waals surface area contributed by atoms with Gasteiger partial charge in [-0.15, -0.1) is 11.3 Å². The topological polar surface area (TPSA) is 56.8 Å². The number of thiazole rings is 1. The van der Waals surface area contributed by atoms with Crippen molar-refractivity contribution in [2.45, 2.75) is 19.8 Å². The predicted molar refractivity (Wildman–Crippen MR) is 111 cm³/mol. The van der Waals surface area contributed by atoms with E-state index in [1.54, 1.807) is 18.3 Å². The van der Waals surface area contributed by atoms with Crippen LogP contribution < -0.4 is 0 Å². The lowest BCUT2D eigenvalue weighted by Gasteiger charge is -2.51. The molecule has 1 aromatic heterocycles. The number of benzene rings is 1. The molecule has 2 amide bonds. The van der Waals surface area contributed by atoms with E-state index < -0.39 is 0 Å². The summed E-state index contributed by atoms with van der Waals surface area (Å²) in [6.45, 7) is 5.73. The molecule has 7 heteroatoms. The van der Waals surface area contributed by atoms with E-state index in [1.807, 2.05) is 28.0 Å². The first-order valence-corrected chi connectivity index (χ1v) is 10.7. The van der Waals surface area contributed by atoms with Crippen LogP contribution in [-0.4, -0.2) is 78.3 Å². The number of nitrogens with zero attached hydrogens (tertiary/aromatic N) is 4. The largest absolute Gasteiger partial charge is 0.342 e. The van der Waals surface area contributed by atoms with E-state index in [4.69, 9.17) is 0 Å². The van der Waals surface area contributed by atoms with E-state index in [9.17, 15) is 9.59 Å². The number of hydrogen-bond donors (Lipinski definition) is 0. The van der Waals surface area contributed by atoms with Crippen molar-refractivity contribution in [1.82, 2.24) is 19.7 Å². The first-order valence-electron chi connectivity index (χ1n) is 9.89. The second-order valence-electron chi connectivity index (χ2n) is 8.55. The first kappa shape index (κ1) is 19.3. The summed E-state index contributed by atoms with van der Waals surface area (Å²) in [7, 11) is 4.15. The zero-order valence-electron chi connectivity index (χ0n) is 16.9. The molecular weight excluding hydrogens is 372 g/mol. The fraction of sp³-hybridized carbons (Fsp3) is 0.571. The highest BCUT2D eigenvalue weighted by atomic mass is 32.1. The lowest BCUT2D eigenvalue weighted by Crippen LogP contribution is -2.63. The minimum atomic E-state index is 0.0709. The molecule has 0 bridgehead atoms. The van der Waals surface area contributed by atoms with Gasteiger partial charge in [-0.1, -0.05) is 12.1 Å². The fourth-order valence-corrected chi connectivity index (χ4v) is 5.58. The molecule has 0 saturated carbocycles. The SMILES string of the molecule is CC(=O)N1CC(CN(C)C)C2(C1)CN(C(=O)CCc1nc3ccccc3s1)C2. The van der Waals surface area contributed by atoms with E-state index >= 15 is 0 Å². The molecule has 1 unspecified atom stereocenters. The van der Waals surface area contributed by atoms with Gasteiger partial charge in [0.2, 0.25) is 11.8 Å². The molecule has 3 heterocycles. The number of rotatable bonds is 5. The number of likely N-dealkylation sites (tertiary alicyclic amines) is 2. The number of aryl methyl sites for hydroxylation is 1. The minimum Gasteiger partial charge on any atom is -0.342 e. The molecule has 150 valence electrons. The Balaban J connectivity index is 1.35. The van der Waals surface area contributed by atoms with Crippen LogP contribution in [0.15, 0.2) is 24.3 Å². The fourth-order valence-electron chi connectivity index (χ4n) is 4.61. The molecule has 6 nitrogen and oxygen atoms in total. The Hall–Kier alpha value is -1.99. The summed E-state index contributed by atoms with van der Waals surface area (Å²) >= 11 is 1.67. The molecule has 2 fully saturated rings. The Morgan fingerprint density at radius 2 is 1.93 bits per heavy atom. The number of carbonyl (C=O) groups excluding carboxylic acids is 2. The van der Waals surface area contributed by atoms with Crippen LogP contribution >= 0.6 is 11.3 Å². The quantitative estimate of drug-likeness (QED) is 0.771. The van der Waals surface area contributed by atoms with E-state index in [0.717, 1.165) is 43.2 Å². The number of hydrogen-bond acceptors (Lipinski definition) is 5. The molecule has 28 heavy (non-hydrogen) atoms. The average Bonchev–Trinajstić information content (AvgIpc) is 3.19. The summed E-state index contributed by atoms with van der Waals surface area (Å²) in [5.41, 5.74) is 1.08. The van der Waals surface area contributed by atoms with E-state index in [0.29, 0.717) is 18.8 Å². The molecule has 1 atom stereocenters. The Labute approximate surface area is 170 Å². The monoisotopic (exact) mass is 400 g/mol. The molecule has 2 aliphatic heterocycles. The highest BCUT2D eigenvalue weighted by molar-refractivity contribution is 7.18. The van der Waals surface area contributed by atoms with Crippen molar-refractivity contribution >= 4 is 33.4 Å². The number of carbonyl (C=O) groups is 2. The maximum atomic E-state index is 12.7. The molecule has 0 N–H and O–H groups in total. The second kappa shape index (κ2) is 7.44. The van der Waals surface area contributed by atoms with Crippen LogP contribution in [0.5, 0.6) is 0 Å². The van der Waals surface area contributed by atoms with Gasteiger partial charge >= 0.3 is 0 Å². The van der Waals surface area contributed by atoms with E-state index in [-0.39, 0.29) is 17.2 Å². The third-order valence-electron chi connectivity index (χ3n) is 6.10. The van der Waals surface area contributed by atoms with Gasteiger partial charge in [0.15, 0.2) is 0 Å². The maximum absolute atomic E-state index is 12.7. The van der Waals surface area contributed by atoms with Crippen LogP contribution in [0.1, 0.15) is 18.4 Å². The molecular formula is C21H28N4O2S. The summed E-state index contributed by atoms with van der Waals surface area (Å²) in [6, 6.07) is 8.10. The van der Waals surface area contributed by atoms with Gasteiger partial charge in [0.1, 0.15) is 0 Å². The summed E-state index contributed by atoms with van der Waals surface area (Å²) in [6.07, 6.45) is 1.20. The van der Waals surface area contributed by atoms with Crippen LogP contribution in [0.25, 0.3) is 10.2 Å². The number of para-hydroxylation sites is 1. The van der Waals surface area contributed by atoms with Crippen molar-refractivity contribution in [3.05, 3.63) is 29.3 Å². The van der Waals surface area contributed by atoms with Gasteiger partial charge < -0.3 is 14.7 Å². The van der Waals surface area contributed by atoms with Crippen molar-refractivity contribution in [3.63, 3.8) is 0 Å². The summed E-state index contributed by atoms with van der Waals surface area (Å²) in [5.74, 6) is 0.774. The van der Waals surface area contributed by atoms with Crippen LogP contribution in [-0.2, 0) is 16.0 Å². The summed E-state index contributed by atoms with van der Waals surface area (Å²) < 4.78 is 1.18. The highest BCUT2D eigenvalue weighted by Gasteiger charge is 2.55. The molecule has 2 aromatic rings. The van der Waals surface area contributed by atoms with Gasteiger partial charge in [-0.2, -0.15) is 0 Å². The van der Waals surface area contributed by atoms with E-state index in [1.165, 1.54) is 4.70 Å². The Bertz CT molecular complexity index is 854.